The van der Waals surface area contributed by atoms with Crippen molar-refractivity contribution in [2.45, 2.75) is 284 Å². The van der Waals surface area contributed by atoms with Gasteiger partial charge in [0.2, 0.25) is 0 Å². The highest BCUT2D eigenvalue weighted by Gasteiger charge is 2.19. The monoisotopic (exact) mass is 805 g/mol. The molecule has 0 heterocycles. The van der Waals surface area contributed by atoms with Crippen molar-refractivity contribution in [2.75, 3.05) is 13.2 Å². The Balaban J connectivity index is 4.22. The van der Waals surface area contributed by atoms with Crippen LogP contribution in [0.25, 0.3) is 0 Å². The van der Waals surface area contributed by atoms with Crippen LogP contribution in [0.3, 0.4) is 0 Å². The van der Waals surface area contributed by atoms with E-state index < -0.39 is 6.10 Å². The smallest absolute Gasteiger partial charge is 0.306 e. The number of rotatable bonds is 46. The predicted molar refractivity (Wildman–Crippen MR) is 243 cm³/mol. The number of carbonyl (C=O) groups is 3. The molecule has 0 rings (SSSR count). The van der Waals surface area contributed by atoms with E-state index in [1.165, 1.54) is 180 Å². The van der Waals surface area contributed by atoms with Crippen molar-refractivity contribution in [3.63, 3.8) is 0 Å². The number of allylic oxidation sites excluding steroid dienone is 2. The van der Waals surface area contributed by atoms with Crippen LogP contribution in [0.4, 0.5) is 0 Å². The van der Waals surface area contributed by atoms with Gasteiger partial charge in [0.1, 0.15) is 13.2 Å². The van der Waals surface area contributed by atoms with E-state index >= 15 is 0 Å². The van der Waals surface area contributed by atoms with Gasteiger partial charge in [0.05, 0.1) is 0 Å². The number of hydrogen-bond donors (Lipinski definition) is 0. The van der Waals surface area contributed by atoms with Gasteiger partial charge in [-0.3, -0.25) is 14.4 Å². The van der Waals surface area contributed by atoms with Crippen LogP contribution >= 0.6 is 0 Å². The minimum absolute atomic E-state index is 0.0734. The van der Waals surface area contributed by atoms with E-state index in [9.17, 15) is 14.4 Å². The van der Waals surface area contributed by atoms with Crippen molar-refractivity contribution >= 4 is 17.9 Å². The molecule has 0 aromatic rings. The topological polar surface area (TPSA) is 78.9 Å². The largest absolute Gasteiger partial charge is 0.462 e. The molecule has 0 bridgehead atoms. The van der Waals surface area contributed by atoms with Crippen molar-refractivity contribution < 1.29 is 28.6 Å². The van der Waals surface area contributed by atoms with Crippen LogP contribution in [-0.2, 0) is 28.6 Å². The third-order valence-corrected chi connectivity index (χ3v) is 11.3. The molecule has 0 aliphatic heterocycles. The van der Waals surface area contributed by atoms with Gasteiger partial charge in [-0.25, -0.2) is 0 Å². The number of carbonyl (C=O) groups excluding carboxylic acids is 3. The lowest BCUT2D eigenvalue weighted by Crippen LogP contribution is -2.30. The fourth-order valence-corrected chi connectivity index (χ4v) is 7.45. The summed E-state index contributed by atoms with van der Waals surface area (Å²) in [5.41, 5.74) is 0. The van der Waals surface area contributed by atoms with Gasteiger partial charge in [-0.15, -0.1) is 0 Å². The summed E-state index contributed by atoms with van der Waals surface area (Å²) in [5.74, 6) is -0.898. The molecular weight excluding hydrogens is 709 g/mol. The van der Waals surface area contributed by atoms with Gasteiger partial charge in [-0.05, 0) is 38.5 Å². The molecule has 0 fully saturated rings. The maximum atomic E-state index is 12.7. The Morgan fingerprint density at radius 2 is 0.596 bits per heavy atom. The van der Waals surface area contributed by atoms with Gasteiger partial charge in [-0.1, -0.05) is 232 Å². The van der Waals surface area contributed by atoms with E-state index in [-0.39, 0.29) is 31.1 Å². The van der Waals surface area contributed by atoms with Crippen LogP contribution in [0.2, 0.25) is 0 Å². The highest BCUT2D eigenvalue weighted by molar-refractivity contribution is 5.71. The molecule has 0 saturated carbocycles. The molecule has 1 unspecified atom stereocenters. The molecule has 57 heavy (non-hydrogen) atoms. The first kappa shape index (κ1) is 55.2. The normalized spacial score (nSPS) is 12.0. The molecule has 336 valence electrons. The van der Waals surface area contributed by atoms with Gasteiger partial charge in [0.15, 0.2) is 6.10 Å². The number of hydrogen-bond acceptors (Lipinski definition) is 6. The summed E-state index contributed by atoms with van der Waals surface area (Å²) in [5, 5.41) is 0. The van der Waals surface area contributed by atoms with Crippen LogP contribution in [-0.4, -0.2) is 37.2 Å². The molecule has 0 aliphatic rings. The van der Waals surface area contributed by atoms with Gasteiger partial charge < -0.3 is 14.2 Å². The van der Waals surface area contributed by atoms with E-state index in [4.69, 9.17) is 14.2 Å². The third-order valence-electron chi connectivity index (χ3n) is 11.3. The SMILES string of the molecule is CCCCCC/C=C\CCCC(=O)OCC(COC(=O)CCCCCCCCCCCCCCCCCCCCC)OC(=O)CCCCCCCCCCCCC. The molecule has 0 saturated heterocycles. The van der Waals surface area contributed by atoms with E-state index in [0.717, 1.165) is 57.8 Å². The number of esters is 3. The summed E-state index contributed by atoms with van der Waals surface area (Å²) in [4.78, 5) is 37.7. The molecule has 0 spiro atoms. The quantitative estimate of drug-likeness (QED) is 0.0264. The van der Waals surface area contributed by atoms with Crippen LogP contribution < -0.4 is 0 Å². The molecular formula is C51H96O6. The second-order valence-corrected chi connectivity index (χ2v) is 17.1. The molecule has 0 amide bonds. The molecule has 0 aromatic heterocycles. The molecule has 0 aliphatic carbocycles. The molecule has 6 heteroatoms. The van der Waals surface area contributed by atoms with Gasteiger partial charge in [-0.2, -0.15) is 0 Å². The molecule has 0 radical (unpaired) electrons. The highest BCUT2D eigenvalue weighted by Crippen LogP contribution is 2.16. The van der Waals surface area contributed by atoms with E-state index in [1.807, 2.05) is 0 Å². The van der Waals surface area contributed by atoms with Crippen LogP contribution in [0, 0.1) is 0 Å². The summed E-state index contributed by atoms with van der Waals surface area (Å²) < 4.78 is 16.7. The Morgan fingerprint density at radius 3 is 0.947 bits per heavy atom. The van der Waals surface area contributed by atoms with Crippen molar-refractivity contribution in [1.29, 1.82) is 0 Å². The number of ether oxygens (including phenoxy) is 3. The van der Waals surface area contributed by atoms with Gasteiger partial charge in [0.25, 0.3) is 0 Å². The van der Waals surface area contributed by atoms with Gasteiger partial charge in [0, 0.05) is 19.3 Å². The minimum Gasteiger partial charge on any atom is -0.462 e. The summed E-state index contributed by atoms with van der Waals surface area (Å²) in [7, 11) is 0. The maximum absolute atomic E-state index is 12.7. The van der Waals surface area contributed by atoms with Crippen molar-refractivity contribution in [2.24, 2.45) is 0 Å². The highest BCUT2D eigenvalue weighted by atomic mass is 16.6. The average molecular weight is 805 g/mol. The summed E-state index contributed by atoms with van der Waals surface area (Å²) in [6.07, 6.45) is 50.7. The second kappa shape index (κ2) is 46.8. The summed E-state index contributed by atoms with van der Waals surface area (Å²) in [6, 6.07) is 0. The van der Waals surface area contributed by atoms with Crippen LogP contribution in [0.5, 0.6) is 0 Å². The Hall–Kier alpha value is -1.85. The summed E-state index contributed by atoms with van der Waals surface area (Å²) in [6.45, 7) is 6.60. The van der Waals surface area contributed by atoms with Gasteiger partial charge >= 0.3 is 17.9 Å². The Morgan fingerprint density at radius 1 is 0.333 bits per heavy atom. The first-order chi connectivity index (χ1) is 28.0. The van der Waals surface area contributed by atoms with E-state index in [2.05, 4.69) is 32.9 Å². The zero-order valence-electron chi connectivity index (χ0n) is 38.4. The Bertz CT molecular complexity index is 885. The molecule has 1 atom stereocenters. The van der Waals surface area contributed by atoms with Crippen LogP contribution in [0.1, 0.15) is 278 Å². The van der Waals surface area contributed by atoms with Crippen molar-refractivity contribution in [3.8, 4) is 0 Å². The Labute approximate surface area is 354 Å². The fourth-order valence-electron chi connectivity index (χ4n) is 7.45. The van der Waals surface area contributed by atoms with Crippen LogP contribution in [0.15, 0.2) is 12.2 Å². The zero-order chi connectivity index (χ0) is 41.5. The lowest BCUT2D eigenvalue weighted by atomic mass is 10.0. The lowest BCUT2D eigenvalue weighted by Gasteiger charge is -2.18. The average Bonchev–Trinajstić information content (AvgIpc) is 3.21. The van der Waals surface area contributed by atoms with E-state index in [1.54, 1.807) is 0 Å². The fraction of sp³-hybridized carbons (Fsp3) is 0.902. The first-order valence-electron chi connectivity index (χ1n) is 25.2. The first-order valence-corrected chi connectivity index (χ1v) is 25.2. The maximum Gasteiger partial charge on any atom is 0.306 e. The Kier molecular flexibility index (Phi) is 45.3. The second-order valence-electron chi connectivity index (χ2n) is 17.1. The number of unbranched alkanes of at least 4 members (excludes halogenated alkanes) is 33. The standard InChI is InChI=1S/C51H96O6/c1-4-7-10-13-16-19-21-22-23-24-25-26-27-28-30-32-35-38-41-44-50(53)56-47-48(46-55-49(52)43-40-37-34-31-18-15-12-9-6-3)57-51(54)45-42-39-36-33-29-20-17-14-11-8-5-2/h31,34,48H,4-30,32-33,35-47H2,1-3H3/b34-31-. The summed E-state index contributed by atoms with van der Waals surface area (Å²) >= 11 is 0. The van der Waals surface area contributed by atoms with Crippen molar-refractivity contribution in [3.05, 3.63) is 12.2 Å². The zero-order valence-corrected chi connectivity index (χ0v) is 38.4. The van der Waals surface area contributed by atoms with Crippen molar-refractivity contribution in [1.82, 2.24) is 0 Å². The van der Waals surface area contributed by atoms with E-state index in [0.29, 0.717) is 19.3 Å². The third kappa shape index (κ3) is 45.1. The molecule has 0 N–H and O–H groups in total. The minimum atomic E-state index is -0.772. The predicted octanol–water partition coefficient (Wildman–Crippen LogP) is 16.2. The molecule has 6 nitrogen and oxygen atoms in total. The molecule has 0 aromatic carbocycles. The lowest BCUT2D eigenvalue weighted by molar-refractivity contribution is -0.167.